The molecule has 4 heteroatoms. The van der Waals surface area contributed by atoms with E-state index in [-0.39, 0.29) is 0 Å². The van der Waals surface area contributed by atoms with Crippen LogP contribution in [0, 0.1) is 0 Å². The average Bonchev–Trinajstić information content (AvgIpc) is 2.39. The fourth-order valence-electron chi connectivity index (χ4n) is 2.20. The Morgan fingerprint density at radius 1 is 1.42 bits per heavy atom. The van der Waals surface area contributed by atoms with Crippen LogP contribution in [-0.4, -0.2) is 33.9 Å². The number of nitrogens with one attached hydrogen (secondary N) is 1. The Labute approximate surface area is 125 Å². The molecule has 3 nitrogen and oxygen atoms in total. The molecule has 0 saturated carbocycles. The van der Waals surface area contributed by atoms with Crippen molar-refractivity contribution >= 4 is 21.6 Å². The van der Waals surface area contributed by atoms with E-state index in [2.05, 4.69) is 65.2 Å². The fourth-order valence-corrected chi connectivity index (χ4v) is 2.55. The van der Waals surface area contributed by atoms with Crippen molar-refractivity contribution in [1.29, 1.82) is 0 Å². The Balaban J connectivity index is 2.86. The molecular formula is C15H25BrN2O. The molecule has 108 valence electrons. The van der Waals surface area contributed by atoms with E-state index in [1.54, 1.807) is 7.11 Å². The van der Waals surface area contributed by atoms with E-state index in [9.17, 15) is 0 Å². The number of hydrogen-bond acceptors (Lipinski definition) is 3. The van der Waals surface area contributed by atoms with Gasteiger partial charge in [-0.2, -0.15) is 0 Å². The van der Waals surface area contributed by atoms with Crippen LogP contribution >= 0.6 is 15.9 Å². The highest BCUT2D eigenvalue weighted by Gasteiger charge is 2.13. The van der Waals surface area contributed by atoms with Gasteiger partial charge in [0.2, 0.25) is 0 Å². The third-order valence-electron chi connectivity index (χ3n) is 3.22. The lowest BCUT2D eigenvalue weighted by Gasteiger charge is -2.26. The van der Waals surface area contributed by atoms with Crippen molar-refractivity contribution in [3.05, 3.63) is 28.2 Å². The number of nitrogens with zero attached hydrogens (tertiary/aromatic N) is 1. The summed E-state index contributed by atoms with van der Waals surface area (Å²) in [4.78, 5) is 2.30. The predicted molar refractivity (Wildman–Crippen MR) is 86.0 cm³/mol. The van der Waals surface area contributed by atoms with Crippen LogP contribution in [-0.2, 0) is 4.74 Å². The molecule has 0 aliphatic carbocycles. The Kier molecular flexibility index (Phi) is 7.42. The summed E-state index contributed by atoms with van der Waals surface area (Å²) in [7, 11) is 3.89. The molecule has 0 fully saturated rings. The van der Waals surface area contributed by atoms with Gasteiger partial charge >= 0.3 is 0 Å². The molecule has 1 atom stereocenters. The standard InChI is InChI=1S/C15H25BrN2O/c1-5-17-12(2)14-8-7-13(16)11-15(14)18(3)9-6-10-19-4/h7-8,11-12,17H,5-6,9-10H2,1-4H3. The maximum absolute atomic E-state index is 5.12. The van der Waals surface area contributed by atoms with Gasteiger partial charge in [-0.3, -0.25) is 0 Å². The zero-order chi connectivity index (χ0) is 14.3. The highest BCUT2D eigenvalue weighted by atomic mass is 79.9. The Hall–Kier alpha value is -0.580. The highest BCUT2D eigenvalue weighted by molar-refractivity contribution is 9.10. The number of methoxy groups -OCH3 is 1. The molecule has 19 heavy (non-hydrogen) atoms. The predicted octanol–water partition coefficient (Wildman–Crippen LogP) is 3.59. The molecule has 0 saturated heterocycles. The summed E-state index contributed by atoms with van der Waals surface area (Å²) in [6, 6.07) is 6.85. The molecule has 1 rings (SSSR count). The molecule has 0 radical (unpaired) electrons. The van der Waals surface area contributed by atoms with Gasteiger partial charge in [0.05, 0.1) is 0 Å². The van der Waals surface area contributed by atoms with Gasteiger partial charge in [-0.15, -0.1) is 0 Å². The number of rotatable bonds is 8. The zero-order valence-electron chi connectivity index (χ0n) is 12.4. The second-order valence-corrected chi connectivity index (χ2v) is 5.67. The number of anilines is 1. The molecule has 0 spiro atoms. The quantitative estimate of drug-likeness (QED) is 0.738. The minimum Gasteiger partial charge on any atom is -0.385 e. The smallest absolute Gasteiger partial charge is 0.0479 e. The fraction of sp³-hybridized carbons (Fsp3) is 0.600. The Bertz CT molecular complexity index is 384. The Morgan fingerprint density at radius 3 is 2.79 bits per heavy atom. The van der Waals surface area contributed by atoms with Crippen LogP contribution in [0.5, 0.6) is 0 Å². The summed E-state index contributed by atoms with van der Waals surface area (Å²) < 4.78 is 6.24. The molecule has 0 amide bonds. The van der Waals surface area contributed by atoms with Gasteiger partial charge in [-0.05, 0) is 37.6 Å². The SMILES string of the molecule is CCNC(C)c1ccc(Br)cc1N(C)CCCOC. The summed E-state index contributed by atoms with van der Waals surface area (Å²) in [5.74, 6) is 0. The van der Waals surface area contributed by atoms with Crippen LogP contribution in [0.1, 0.15) is 31.9 Å². The summed E-state index contributed by atoms with van der Waals surface area (Å²) in [6.45, 7) is 7.12. The average molecular weight is 329 g/mol. The summed E-state index contributed by atoms with van der Waals surface area (Å²) in [5, 5.41) is 3.48. The summed E-state index contributed by atoms with van der Waals surface area (Å²) in [6.07, 6.45) is 1.04. The van der Waals surface area contributed by atoms with Crippen molar-refractivity contribution in [2.24, 2.45) is 0 Å². The van der Waals surface area contributed by atoms with Gasteiger partial charge in [-0.25, -0.2) is 0 Å². The van der Waals surface area contributed by atoms with Gasteiger partial charge in [0.1, 0.15) is 0 Å². The van der Waals surface area contributed by atoms with Crippen molar-refractivity contribution in [1.82, 2.24) is 5.32 Å². The van der Waals surface area contributed by atoms with E-state index in [0.29, 0.717) is 6.04 Å². The summed E-state index contributed by atoms with van der Waals surface area (Å²) >= 11 is 3.56. The normalized spacial score (nSPS) is 12.5. The molecule has 1 unspecified atom stereocenters. The van der Waals surface area contributed by atoms with Crippen molar-refractivity contribution in [2.75, 3.05) is 38.8 Å². The first-order valence-electron chi connectivity index (χ1n) is 6.83. The third kappa shape index (κ3) is 5.13. The van der Waals surface area contributed by atoms with Crippen molar-refractivity contribution < 1.29 is 4.74 Å². The number of ether oxygens (including phenoxy) is 1. The topological polar surface area (TPSA) is 24.5 Å². The third-order valence-corrected chi connectivity index (χ3v) is 3.72. The van der Waals surface area contributed by atoms with Crippen molar-refractivity contribution in [3.63, 3.8) is 0 Å². The van der Waals surface area contributed by atoms with Crippen molar-refractivity contribution in [3.8, 4) is 0 Å². The van der Waals surface area contributed by atoms with E-state index < -0.39 is 0 Å². The van der Waals surface area contributed by atoms with Gasteiger partial charge in [0, 0.05) is 43.5 Å². The first-order chi connectivity index (χ1) is 9.10. The van der Waals surface area contributed by atoms with Gasteiger partial charge < -0.3 is 15.0 Å². The van der Waals surface area contributed by atoms with E-state index in [1.807, 2.05) is 0 Å². The van der Waals surface area contributed by atoms with Crippen LogP contribution in [0.2, 0.25) is 0 Å². The lowest BCUT2D eigenvalue weighted by atomic mass is 10.1. The molecule has 0 aliphatic rings. The highest BCUT2D eigenvalue weighted by Crippen LogP contribution is 2.29. The van der Waals surface area contributed by atoms with Crippen LogP contribution < -0.4 is 10.2 Å². The van der Waals surface area contributed by atoms with E-state index in [1.165, 1.54) is 11.3 Å². The maximum Gasteiger partial charge on any atom is 0.0479 e. The molecule has 0 bridgehead atoms. The zero-order valence-corrected chi connectivity index (χ0v) is 14.0. The largest absolute Gasteiger partial charge is 0.385 e. The molecule has 1 aromatic carbocycles. The lowest BCUT2D eigenvalue weighted by Crippen LogP contribution is -2.24. The monoisotopic (exact) mass is 328 g/mol. The minimum atomic E-state index is 0.359. The molecule has 0 aromatic heterocycles. The van der Waals surface area contributed by atoms with Crippen LogP contribution in [0.25, 0.3) is 0 Å². The van der Waals surface area contributed by atoms with Crippen LogP contribution in [0.4, 0.5) is 5.69 Å². The Morgan fingerprint density at radius 2 is 2.16 bits per heavy atom. The van der Waals surface area contributed by atoms with E-state index in [4.69, 9.17) is 4.74 Å². The van der Waals surface area contributed by atoms with E-state index >= 15 is 0 Å². The lowest BCUT2D eigenvalue weighted by molar-refractivity contribution is 0.196. The minimum absolute atomic E-state index is 0.359. The van der Waals surface area contributed by atoms with Crippen LogP contribution in [0.3, 0.4) is 0 Å². The number of hydrogen-bond donors (Lipinski definition) is 1. The van der Waals surface area contributed by atoms with Crippen molar-refractivity contribution in [2.45, 2.75) is 26.3 Å². The van der Waals surface area contributed by atoms with Gasteiger partial charge in [-0.1, -0.05) is 28.9 Å². The van der Waals surface area contributed by atoms with E-state index in [0.717, 1.165) is 30.6 Å². The molecule has 1 N–H and O–H groups in total. The van der Waals surface area contributed by atoms with Crippen LogP contribution in [0.15, 0.2) is 22.7 Å². The molecular weight excluding hydrogens is 304 g/mol. The number of benzene rings is 1. The first-order valence-corrected chi connectivity index (χ1v) is 7.62. The van der Waals surface area contributed by atoms with Gasteiger partial charge in [0.25, 0.3) is 0 Å². The second-order valence-electron chi connectivity index (χ2n) is 4.75. The molecule has 1 aromatic rings. The summed E-state index contributed by atoms with van der Waals surface area (Å²) in [5.41, 5.74) is 2.61. The van der Waals surface area contributed by atoms with Gasteiger partial charge in [0.15, 0.2) is 0 Å². The first kappa shape index (κ1) is 16.5. The number of halogens is 1. The molecule has 0 aliphatic heterocycles. The second kappa shape index (κ2) is 8.56. The molecule has 0 heterocycles. The maximum atomic E-state index is 5.12.